The molecule has 1 heterocycles. The third-order valence-electron chi connectivity index (χ3n) is 2.87. The molecular formula is C14H13F5N4O2S. The summed E-state index contributed by atoms with van der Waals surface area (Å²) in [6, 6.07) is 3.84. The minimum atomic E-state index is -4.73. The molecule has 0 saturated heterocycles. The molecule has 1 aromatic carbocycles. The fourth-order valence-electron chi connectivity index (χ4n) is 1.85. The molecule has 12 heteroatoms. The minimum Gasteiger partial charge on any atom is -0.493 e. The van der Waals surface area contributed by atoms with Gasteiger partial charge in [0.05, 0.1) is 13.3 Å². The molecule has 0 aliphatic rings. The number of alkyl halides is 5. The van der Waals surface area contributed by atoms with Gasteiger partial charge < -0.3 is 9.47 Å². The smallest absolute Gasteiger partial charge is 0.453 e. The molecule has 0 saturated carbocycles. The van der Waals surface area contributed by atoms with Crippen LogP contribution in [0, 0.1) is 0 Å². The lowest BCUT2D eigenvalue weighted by Crippen LogP contribution is -2.13. The van der Waals surface area contributed by atoms with E-state index in [2.05, 4.69) is 20.0 Å². The lowest BCUT2D eigenvalue weighted by molar-refractivity contribution is -0.147. The van der Waals surface area contributed by atoms with E-state index < -0.39 is 18.6 Å². The highest BCUT2D eigenvalue weighted by atomic mass is 32.2. The van der Waals surface area contributed by atoms with Gasteiger partial charge in [-0.1, -0.05) is 18.7 Å². The molecule has 0 aliphatic heterocycles. The zero-order chi connectivity index (χ0) is 19.3. The Balaban J connectivity index is 2.36. The van der Waals surface area contributed by atoms with Gasteiger partial charge in [0, 0.05) is 0 Å². The predicted molar refractivity (Wildman–Crippen MR) is 84.0 cm³/mol. The van der Waals surface area contributed by atoms with Crippen molar-refractivity contribution in [3.63, 3.8) is 0 Å². The van der Waals surface area contributed by atoms with E-state index in [0.717, 1.165) is 18.0 Å². The number of benzene rings is 1. The van der Waals surface area contributed by atoms with E-state index in [9.17, 15) is 22.0 Å². The zero-order valence-corrected chi connectivity index (χ0v) is 14.3. The van der Waals surface area contributed by atoms with E-state index in [4.69, 9.17) is 4.74 Å². The number of halogens is 5. The van der Waals surface area contributed by atoms with Crippen LogP contribution < -0.4 is 9.47 Å². The lowest BCUT2D eigenvalue weighted by Gasteiger charge is -2.10. The third kappa shape index (κ3) is 4.84. The van der Waals surface area contributed by atoms with Gasteiger partial charge in [0.1, 0.15) is 0 Å². The molecule has 6 nitrogen and oxygen atoms in total. The van der Waals surface area contributed by atoms with Gasteiger partial charge in [0.2, 0.25) is 5.16 Å². The average molecular weight is 396 g/mol. The maximum atomic E-state index is 13.0. The SMILES string of the molecule is CCSc1nnc(C(F)(F)F)n1N=Cc1ccc(OC(F)F)c(OC)c1. The maximum absolute atomic E-state index is 13.0. The molecule has 0 bridgehead atoms. The van der Waals surface area contributed by atoms with Gasteiger partial charge in [0.15, 0.2) is 11.5 Å². The molecule has 2 rings (SSSR count). The number of hydrogen-bond acceptors (Lipinski definition) is 6. The Kier molecular flexibility index (Phi) is 6.40. The first-order chi connectivity index (χ1) is 12.3. The summed E-state index contributed by atoms with van der Waals surface area (Å²) in [4.78, 5) is 0. The van der Waals surface area contributed by atoms with Gasteiger partial charge in [-0.05, 0) is 29.5 Å². The number of thioether (sulfide) groups is 1. The van der Waals surface area contributed by atoms with Crippen molar-refractivity contribution in [2.24, 2.45) is 5.10 Å². The molecule has 1 aromatic heterocycles. The summed E-state index contributed by atoms with van der Waals surface area (Å²) in [5.74, 6) is -1.02. The maximum Gasteiger partial charge on any atom is 0.453 e. The van der Waals surface area contributed by atoms with E-state index >= 15 is 0 Å². The van der Waals surface area contributed by atoms with Crippen LogP contribution in [0.5, 0.6) is 11.5 Å². The summed E-state index contributed by atoms with van der Waals surface area (Å²) < 4.78 is 73.4. The van der Waals surface area contributed by atoms with Crippen molar-refractivity contribution >= 4 is 18.0 Å². The van der Waals surface area contributed by atoms with Gasteiger partial charge in [0.25, 0.3) is 5.82 Å². The summed E-state index contributed by atoms with van der Waals surface area (Å²) >= 11 is 1.04. The molecule has 26 heavy (non-hydrogen) atoms. The van der Waals surface area contributed by atoms with Crippen molar-refractivity contribution in [1.29, 1.82) is 0 Å². The van der Waals surface area contributed by atoms with Gasteiger partial charge >= 0.3 is 12.8 Å². The van der Waals surface area contributed by atoms with Crippen LogP contribution in [0.25, 0.3) is 0 Å². The first kappa shape index (κ1) is 19.9. The molecule has 0 unspecified atom stereocenters. The Morgan fingerprint density at radius 3 is 2.58 bits per heavy atom. The largest absolute Gasteiger partial charge is 0.493 e. The zero-order valence-electron chi connectivity index (χ0n) is 13.5. The van der Waals surface area contributed by atoms with Crippen molar-refractivity contribution in [2.75, 3.05) is 12.9 Å². The van der Waals surface area contributed by atoms with Crippen molar-refractivity contribution in [3.05, 3.63) is 29.6 Å². The van der Waals surface area contributed by atoms with E-state index in [-0.39, 0.29) is 16.7 Å². The Morgan fingerprint density at radius 1 is 1.27 bits per heavy atom. The number of nitrogens with zero attached hydrogens (tertiary/aromatic N) is 4. The lowest BCUT2D eigenvalue weighted by atomic mass is 10.2. The van der Waals surface area contributed by atoms with Crippen molar-refractivity contribution in [2.45, 2.75) is 24.9 Å². The highest BCUT2D eigenvalue weighted by Gasteiger charge is 2.38. The molecule has 0 aliphatic carbocycles. The number of rotatable bonds is 7. The summed E-state index contributed by atoms with van der Waals surface area (Å²) in [6.07, 6.45) is -3.63. The van der Waals surface area contributed by atoms with Crippen molar-refractivity contribution < 1.29 is 31.4 Å². The summed E-state index contributed by atoms with van der Waals surface area (Å²) in [6.45, 7) is -1.30. The topological polar surface area (TPSA) is 61.5 Å². The van der Waals surface area contributed by atoms with Crippen LogP contribution in [0.1, 0.15) is 18.3 Å². The number of ether oxygens (including phenoxy) is 2. The Bertz CT molecular complexity index is 779. The van der Waals surface area contributed by atoms with Gasteiger partial charge in [-0.25, -0.2) is 0 Å². The van der Waals surface area contributed by atoms with Crippen molar-refractivity contribution in [3.8, 4) is 11.5 Å². The molecule has 142 valence electrons. The fraction of sp³-hybridized carbons (Fsp3) is 0.357. The molecule has 0 fully saturated rings. The van der Waals surface area contributed by atoms with Gasteiger partial charge in [-0.15, -0.1) is 10.2 Å². The Morgan fingerprint density at radius 2 is 2.00 bits per heavy atom. The molecule has 0 spiro atoms. The number of methoxy groups -OCH3 is 1. The van der Waals surface area contributed by atoms with Crippen LogP contribution in [0.15, 0.2) is 28.5 Å². The van der Waals surface area contributed by atoms with Gasteiger partial charge in [-0.2, -0.15) is 31.7 Å². The highest BCUT2D eigenvalue weighted by molar-refractivity contribution is 7.99. The number of aromatic nitrogens is 3. The van der Waals surface area contributed by atoms with E-state index in [0.29, 0.717) is 16.0 Å². The standard InChI is InChI=1S/C14H13F5N4O2S/c1-3-26-13-22-21-11(14(17,18)19)23(13)20-7-8-4-5-9(25-12(15)16)10(6-8)24-2/h4-7,12H,3H2,1-2H3. The Hall–Kier alpha value is -2.37. The monoisotopic (exact) mass is 396 g/mol. The summed E-state index contributed by atoms with van der Waals surface area (Å²) in [7, 11) is 1.24. The second kappa shape index (κ2) is 8.34. The van der Waals surface area contributed by atoms with E-state index in [1.807, 2.05) is 0 Å². The fourth-order valence-corrected chi connectivity index (χ4v) is 2.46. The molecule has 0 atom stereocenters. The van der Waals surface area contributed by atoms with Crippen LogP contribution in [-0.4, -0.2) is 40.6 Å². The first-order valence-corrected chi connectivity index (χ1v) is 8.07. The average Bonchev–Trinajstić information content (AvgIpc) is 2.97. The third-order valence-corrected chi connectivity index (χ3v) is 3.67. The molecule has 0 amide bonds. The molecule has 0 radical (unpaired) electrons. The Labute approximate surface area is 149 Å². The summed E-state index contributed by atoms with van der Waals surface area (Å²) in [5, 5.41) is 10.3. The second-order valence-electron chi connectivity index (χ2n) is 4.58. The molecular weight excluding hydrogens is 383 g/mol. The van der Waals surface area contributed by atoms with Crippen LogP contribution in [0.3, 0.4) is 0 Å². The van der Waals surface area contributed by atoms with Crippen molar-refractivity contribution in [1.82, 2.24) is 14.9 Å². The summed E-state index contributed by atoms with van der Waals surface area (Å²) in [5.41, 5.74) is 0.303. The van der Waals surface area contributed by atoms with Crippen LogP contribution in [-0.2, 0) is 6.18 Å². The van der Waals surface area contributed by atoms with Crippen LogP contribution in [0.4, 0.5) is 22.0 Å². The normalized spacial score (nSPS) is 12.2. The number of hydrogen-bond donors (Lipinski definition) is 0. The van der Waals surface area contributed by atoms with E-state index in [1.165, 1.54) is 25.3 Å². The highest BCUT2D eigenvalue weighted by Crippen LogP contribution is 2.31. The predicted octanol–water partition coefficient (Wildman–Crippen LogP) is 3.90. The first-order valence-electron chi connectivity index (χ1n) is 7.08. The van der Waals surface area contributed by atoms with E-state index in [1.54, 1.807) is 6.92 Å². The van der Waals surface area contributed by atoms with Crippen LogP contribution in [0.2, 0.25) is 0 Å². The molecule has 2 aromatic rings. The second-order valence-corrected chi connectivity index (χ2v) is 5.81. The molecule has 0 N–H and O–H groups in total. The quantitative estimate of drug-likeness (QED) is 0.404. The van der Waals surface area contributed by atoms with Gasteiger partial charge in [-0.3, -0.25) is 0 Å². The minimum absolute atomic E-state index is 0.0165. The van der Waals surface area contributed by atoms with Crippen LogP contribution >= 0.6 is 11.8 Å².